The highest BCUT2D eigenvalue weighted by atomic mass is 15.2. The van der Waals surface area contributed by atoms with Gasteiger partial charge in [-0.25, -0.2) is 0 Å². The van der Waals surface area contributed by atoms with Crippen LogP contribution in [-0.2, 0) is 6.42 Å². The summed E-state index contributed by atoms with van der Waals surface area (Å²) in [6, 6.07) is 9.27. The number of hydrogen-bond acceptors (Lipinski definition) is 1. The molecule has 1 heterocycles. The first-order chi connectivity index (χ1) is 8.00. The summed E-state index contributed by atoms with van der Waals surface area (Å²) >= 11 is 0. The van der Waals surface area contributed by atoms with Gasteiger partial charge in [-0.1, -0.05) is 37.6 Å². The van der Waals surface area contributed by atoms with Crippen molar-refractivity contribution in [2.24, 2.45) is 0 Å². The van der Waals surface area contributed by atoms with Crippen LogP contribution >= 0.6 is 0 Å². The van der Waals surface area contributed by atoms with Crippen molar-refractivity contribution < 1.29 is 0 Å². The Morgan fingerprint density at radius 2 is 1.71 bits per heavy atom. The summed E-state index contributed by atoms with van der Waals surface area (Å²) in [6.07, 6.45) is 2.44. The van der Waals surface area contributed by atoms with E-state index in [2.05, 4.69) is 56.9 Å². The molecule has 94 valence electrons. The van der Waals surface area contributed by atoms with Crippen LogP contribution in [0, 0.1) is 0 Å². The van der Waals surface area contributed by atoms with Gasteiger partial charge in [0, 0.05) is 24.5 Å². The molecule has 17 heavy (non-hydrogen) atoms. The molecule has 1 heteroatoms. The summed E-state index contributed by atoms with van der Waals surface area (Å²) < 4.78 is 0. The second-order valence-electron chi connectivity index (χ2n) is 6.26. The Hall–Kier alpha value is -0.820. The molecule has 2 rings (SSSR count). The first-order valence-electron chi connectivity index (χ1n) is 6.84. The molecule has 0 spiro atoms. The maximum atomic E-state index is 2.55. The van der Waals surface area contributed by atoms with E-state index >= 15 is 0 Å². The maximum Gasteiger partial charge on any atom is 0.0125 e. The molecule has 1 aromatic rings. The van der Waals surface area contributed by atoms with Gasteiger partial charge >= 0.3 is 0 Å². The van der Waals surface area contributed by atoms with Gasteiger partial charge in [-0.05, 0) is 38.3 Å². The number of likely N-dealkylation sites (tertiary alicyclic amines) is 1. The van der Waals surface area contributed by atoms with E-state index in [9.17, 15) is 0 Å². The van der Waals surface area contributed by atoms with Crippen molar-refractivity contribution in [2.45, 2.75) is 52.0 Å². The van der Waals surface area contributed by atoms with E-state index in [1.54, 1.807) is 0 Å². The highest BCUT2D eigenvalue weighted by molar-refractivity contribution is 5.28. The van der Waals surface area contributed by atoms with Crippen molar-refractivity contribution >= 4 is 0 Å². The van der Waals surface area contributed by atoms with Crippen LogP contribution in [0.5, 0.6) is 0 Å². The minimum Gasteiger partial charge on any atom is -0.297 e. The molecule has 0 aliphatic carbocycles. The smallest absolute Gasteiger partial charge is 0.0125 e. The lowest BCUT2D eigenvalue weighted by molar-refractivity contribution is 0.0470. The molecule has 1 aliphatic rings. The van der Waals surface area contributed by atoms with Crippen molar-refractivity contribution in [1.82, 2.24) is 4.90 Å². The van der Waals surface area contributed by atoms with E-state index in [1.165, 1.54) is 37.1 Å². The molecule has 0 saturated carbocycles. The lowest BCUT2D eigenvalue weighted by Crippen LogP contribution is -2.54. The van der Waals surface area contributed by atoms with E-state index in [0.717, 1.165) is 5.92 Å². The van der Waals surface area contributed by atoms with Gasteiger partial charge in [0.05, 0.1) is 0 Å². The van der Waals surface area contributed by atoms with Crippen molar-refractivity contribution in [3.05, 3.63) is 35.4 Å². The standard InChI is InChI=1S/C16H25N/c1-5-6-13-7-9-14(10-8-13)15-11-17(12-15)16(2,3)4/h7-10,15H,5-6,11-12H2,1-4H3. The minimum atomic E-state index is 0.332. The van der Waals surface area contributed by atoms with Crippen LogP contribution in [0.15, 0.2) is 24.3 Å². The van der Waals surface area contributed by atoms with Crippen molar-refractivity contribution in [3.63, 3.8) is 0 Å². The third-order valence-corrected chi connectivity index (χ3v) is 3.82. The van der Waals surface area contributed by atoms with E-state index in [-0.39, 0.29) is 0 Å². The molecule has 0 radical (unpaired) electrons. The van der Waals surface area contributed by atoms with Crippen LogP contribution in [0.25, 0.3) is 0 Å². The Bertz CT molecular complexity index is 352. The van der Waals surface area contributed by atoms with Gasteiger partial charge in [0.25, 0.3) is 0 Å². The molecule has 1 aromatic carbocycles. The Balaban J connectivity index is 1.93. The lowest BCUT2D eigenvalue weighted by Gasteiger charge is -2.48. The average molecular weight is 231 g/mol. The summed E-state index contributed by atoms with van der Waals surface area (Å²) in [5.41, 5.74) is 3.33. The van der Waals surface area contributed by atoms with Gasteiger partial charge < -0.3 is 0 Å². The Morgan fingerprint density at radius 3 is 2.18 bits per heavy atom. The third-order valence-electron chi connectivity index (χ3n) is 3.82. The summed E-state index contributed by atoms with van der Waals surface area (Å²) in [5, 5.41) is 0. The zero-order valence-corrected chi connectivity index (χ0v) is 11.7. The molecular formula is C16H25N. The van der Waals surface area contributed by atoms with Gasteiger partial charge in [-0.3, -0.25) is 4.90 Å². The monoisotopic (exact) mass is 231 g/mol. The normalized spacial score (nSPS) is 18.1. The van der Waals surface area contributed by atoms with Gasteiger partial charge in [0.2, 0.25) is 0 Å². The summed E-state index contributed by atoms with van der Waals surface area (Å²) in [7, 11) is 0. The predicted molar refractivity (Wildman–Crippen MR) is 74.5 cm³/mol. The summed E-state index contributed by atoms with van der Waals surface area (Å²) in [6.45, 7) is 11.6. The molecule has 0 aromatic heterocycles. The third kappa shape index (κ3) is 2.90. The number of rotatable bonds is 3. The molecule has 0 atom stereocenters. The SMILES string of the molecule is CCCc1ccc(C2CN(C(C)(C)C)C2)cc1. The van der Waals surface area contributed by atoms with Crippen LogP contribution < -0.4 is 0 Å². The summed E-state index contributed by atoms with van der Waals surface area (Å²) in [5.74, 6) is 0.755. The highest BCUT2D eigenvalue weighted by Gasteiger charge is 2.34. The highest BCUT2D eigenvalue weighted by Crippen LogP contribution is 2.32. The largest absolute Gasteiger partial charge is 0.297 e. The van der Waals surface area contributed by atoms with E-state index < -0.39 is 0 Å². The molecule has 1 fully saturated rings. The topological polar surface area (TPSA) is 3.24 Å². The van der Waals surface area contributed by atoms with Gasteiger partial charge in [0.1, 0.15) is 0 Å². The second-order valence-corrected chi connectivity index (χ2v) is 6.26. The first-order valence-corrected chi connectivity index (χ1v) is 6.84. The average Bonchev–Trinajstić information content (AvgIpc) is 2.16. The molecular weight excluding hydrogens is 206 g/mol. The van der Waals surface area contributed by atoms with Gasteiger partial charge in [0.15, 0.2) is 0 Å². The minimum absolute atomic E-state index is 0.332. The molecule has 0 unspecified atom stereocenters. The van der Waals surface area contributed by atoms with Crippen LogP contribution in [0.3, 0.4) is 0 Å². The van der Waals surface area contributed by atoms with E-state index in [1.807, 2.05) is 0 Å². The number of nitrogens with zero attached hydrogens (tertiary/aromatic N) is 1. The fourth-order valence-corrected chi connectivity index (χ4v) is 2.48. The molecule has 1 saturated heterocycles. The van der Waals surface area contributed by atoms with Crippen LogP contribution in [0.4, 0.5) is 0 Å². The van der Waals surface area contributed by atoms with Crippen LogP contribution in [-0.4, -0.2) is 23.5 Å². The van der Waals surface area contributed by atoms with Gasteiger partial charge in [-0.15, -0.1) is 0 Å². The molecule has 1 nitrogen and oxygen atoms in total. The molecule has 0 amide bonds. The molecule has 1 aliphatic heterocycles. The molecule has 0 bridgehead atoms. The maximum absolute atomic E-state index is 2.55. The molecule has 0 N–H and O–H groups in total. The quantitative estimate of drug-likeness (QED) is 0.764. The number of benzene rings is 1. The van der Waals surface area contributed by atoms with Crippen LogP contribution in [0.2, 0.25) is 0 Å². The summed E-state index contributed by atoms with van der Waals surface area (Å²) in [4.78, 5) is 2.55. The fourth-order valence-electron chi connectivity index (χ4n) is 2.48. The van der Waals surface area contributed by atoms with E-state index in [4.69, 9.17) is 0 Å². The zero-order valence-electron chi connectivity index (χ0n) is 11.7. The zero-order chi connectivity index (χ0) is 12.5. The van der Waals surface area contributed by atoms with Crippen LogP contribution in [0.1, 0.15) is 51.2 Å². The second kappa shape index (κ2) is 4.81. The van der Waals surface area contributed by atoms with Crippen molar-refractivity contribution in [2.75, 3.05) is 13.1 Å². The van der Waals surface area contributed by atoms with Gasteiger partial charge in [-0.2, -0.15) is 0 Å². The predicted octanol–water partition coefficient (Wildman–Crippen LogP) is 3.84. The van der Waals surface area contributed by atoms with Crippen molar-refractivity contribution in [3.8, 4) is 0 Å². The van der Waals surface area contributed by atoms with E-state index in [0.29, 0.717) is 5.54 Å². The lowest BCUT2D eigenvalue weighted by atomic mass is 9.86. The van der Waals surface area contributed by atoms with Crippen molar-refractivity contribution in [1.29, 1.82) is 0 Å². The Kier molecular flexibility index (Phi) is 3.58. The first kappa shape index (κ1) is 12.6. The Morgan fingerprint density at radius 1 is 1.12 bits per heavy atom. The number of hydrogen-bond donors (Lipinski definition) is 0. The fraction of sp³-hybridized carbons (Fsp3) is 0.625. The number of aryl methyl sites for hydroxylation is 1. The Labute approximate surface area is 106 Å².